The molecule has 0 saturated carbocycles. The third-order valence-corrected chi connectivity index (χ3v) is 4.24. The zero-order chi connectivity index (χ0) is 15.6. The minimum atomic E-state index is -4.17. The second kappa shape index (κ2) is 5.58. The Hall–Kier alpha value is -2.32. The molecule has 0 amide bonds. The first kappa shape index (κ1) is 15.1. The first-order valence-corrected chi connectivity index (χ1v) is 7.43. The predicted octanol–water partition coefficient (Wildman–Crippen LogP) is 1.82. The number of hydrogen-bond donors (Lipinski definition) is 3. The highest BCUT2D eigenvalue weighted by atomic mass is 35.5. The van der Waals surface area contributed by atoms with Gasteiger partial charge in [0.2, 0.25) is 0 Å². The molecule has 0 fully saturated rings. The first-order chi connectivity index (χ1) is 9.81. The van der Waals surface area contributed by atoms with E-state index >= 15 is 0 Å². The highest BCUT2D eigenvalue weighted by Gasteiger charge is 2.23. The zero-order valence-corrected chi connectivity index (χ0v) is 12.0. The molecular formula is C12H10ClN3O4S. The molecule has 7 nitrogen and oxygen atoms in total. The standard InChI is InChI=1S/C12H10ClN3O4S/c13-11-9(2-1-5-15-11)16-21(19,20)10-6-7(14)3-4-8(10)12(17)18/h1-6,16H,14H2,(H,17,18). The highest BCUT2D eigenvalue weighted by Crippen LogP contribution is 2.25. The van der Waals surface area contributed by atoms with Gasteiger partial charge in [0.1, 0.15) is 4.90 Å². The molecule has 1 aromatic carbocycles. The van der Waals surface area contributed by atoms with Crippen LogP contribution in [0.15, 0.2) is 41.4 Å². The van der Waals surface area contributed by atoms with E-state index in [2.05, 4.69) is 9.71 Å². The number of halogens is 1. The van der Waals surface area contributed by atoms with Crippen molar-refractivity contribution in [2.45, 2.75) is 4.90 Å². The van der Waals surface area contributed by atoms with Crippen LogP contribution in [-0.4, -0.2) is 24.5 Å². The normalized spacial score (nSPS) is 11.1. The van der Waals surface area contributed by atoms with Crippen molar-refractivity contribution in [3.8, 4) is 0 Å². The molecular weight excluding hydrogens is 318 g/mol. The summed E-state index contributed by atoms with van der Waals surface area (Å²) in [6.45, 7) is 0. The number of pyridine rings is 1. The number of benzene rings is 1. The van der Waals surface area contributed by atoms with E-state index in [9.17, 15) is 13.2 Å². The summed E-state index contributed by atoms with van der Waals surface area (Å²) in [5, 5.41) is 9.02. The summed E-state index contributed by atoms with van der Waals surface area (Å²) in [6, 6.07) is 6.38. The van der Waals surface area contributed by atoms with Gasteiger partial charge in [0.25, 0.3) is 10.0 Å². The van der Waals surface area contributed by atoms with E-state index in [1.165, 1.54) is 24.4 Å². The van der Waals surface area contributed by atoms with Crippen molar-refractivity contribution in [1.29, 1.82) is 0 Å². The van der Waals surface area contributed by atoms with E-state index in [0.29, 0.717) is 0 Å². The Morgan fingerprint density at radius 2 is 2.05 bits per heavy atom. The number of rotatable bonds is 4. The third kappa shape index (κ3) is 3.23. The largest absolute Gasteiger partial charge is 0.478 e. The second-order valence-corrected chi connectivity index (χ2v) is 6.02. The SMILES string of the molecule is Nc1ccc(C(=O)O)c(S(=O)(=O)Nc2cccnc2Cl)c1. The summed E-state index contributed by atoms with van der Waals surface area (Å²) in [6.07, 6.45) is 1.39. The van der Waals surface area contributed by atoms with Crippen LogP contribution in [0.5, 0.6) is 0 Å². The first-order valence-electron chi connectivity index (χ1n) is 5.57. The average Bonchev–Trinajstić information content (AvgIpc) is 2.41. The molecule has 9 heteroatoms. The number of carboxylic acids is 1. The smallest absolute Gasteiger partial charge is 0.337 e. The van der Waals surface area contributed by atoms with Gasteiger partial charge in [-0.05, 0) is 30.3 Å². The number of hydrogen-bond acceptors (Lipinski definition) is 5. The molecule has 0 atom stereocenters. The summed E-state index contributed by atoms with van der Waals surface area (Å²) in [7, 11) is -4.17. The Morgan fingerprint density at radius 1 is 1.33 bits per heavy atom. The second-order valence-electron chi connectivity index (χ2n) is 4.01. The lowest BCUT2D eigenvalue weighted by atomic mass is 10.2. The number of carboxylic acid groups (broad SMARTS) is 1. The van der Waals surface area contributed by atoms with Gasteiger partial charge >= 0.3 is 5.97 Å². The van der Waals surface area contributed by atoms with Gasteiger partial charge in [0.15, 0.2) is 5.15 Å². The highest BCUT2D eigenvalue weighted by molar-refractivity contribution is 7.92. The van der Waals surface area contributed by atoms with Crippen LogP contribution in [0.3, 0.4) is 0 Å². The van der Waals surface area contributed by atoms with E-state index in [-0.39, 0.29) is 16.5 Å². The lowest BCUT2D eigenvalue weighted by Gasteiger charge is -2.11. The Balaban J connectivity index is 2.52. The fraction of sp³-hybridized carbons (Fsp3) is 0. The van der Waals surface area contributed by atoms with Crippen molar-refractivity contribution in [3.63, 3.8) is 0 Å². The van der Waals surface area contributed by atoms with Crippen molar-refractivity contribution in [2.24, 2.45) is 0 Å². The van der Waals surface area contributed by atoms with Crippen molar-refractivity contribution >= 4 is 39.0 Å². The Kier molecular flexibility index (Phi) is 4.01. The molecule has 0 radical (unpaired) electrons. The van der Waals surface area contributed by atoms with Gasteiger partial charge in [0, 0.05) is 11.9 Å². The summed E-state index contributed by atoms with van der Waals surface area (Å²) in [5.41, 5.74) is 5.29. The van der Waals surface area contributed by atoms with Crippen molar-refractivity contribution in [1.82, 2.24) is 4.98 Å². The van der Waals surface area contributed by atoms with E-state index in [0.717, 1.165) is 12.1 Å². The molecule has 110 valence electrons. The molecule has 0 aliphatic rings. The maximum absolute atomic E-state index is 12.3. The van der Waals surface area contributed by atoms with Crippen molar-refractivity contribution in [3.05, 3.63) is 47.2 Å². The molecule has 21 heavy (non-hydrogen) atoms. The van der Waals surface area contributed by atoms with Gasteiger partial charge in [-0.3, -0.25) is 4.72 Å². The van der Waals surface area contributed by atoms with Crippen LogP contribution in [0, 0.1) is 0 Å². The Morgan fingerprint density at radius 3 is 2.67 bits per heavy atom. The number of sulfonamides is 1. The summed E-state index contributed by atoms with van der Waals surface area (Å²) in [5.74, 6) is -1.38. The molecule has 1 heterocycles. The van der Waals surface area contributed by atoms with Crippen molar-refractivity contribution in [2.75, 3.05) is 10.5 Å². The fourth-order valence-electron chi connectivity index (χ4n) is 1.60. The molecule has 0 unspecified atom stereocenters. The number of nitrogens with two attached hydrogens (primary N) is 1. The summed E-state index contributed by atoms with van der Waals surface area (Å²) in [4.78, 5) is 14.4. The van der Waals surface area contributed by atoms with Gasteiger partial charge < -0.3 is 10.8 Å². The molecule has 0 spiro atoms. The third-order valence-electron chi connectivity index (χ3n) is 2.53. The van der Waals surface area contributed by atoms with Crippen LogP contribution >= 0.6 is 11.6 Å². The number of nitrogen functional groups attached to an aromatic ring is 1. The molecule has 0 aliphatic carbocycles. The molecule has 0 saturated heterocycles. The summed E-state index contributed by atoms with van der Waals surface area (Å²) < 4.78 is 26.8. The lowest BCUT2D eigenvalue weighted by molar-refractivity contribution is 0.0692. The number of carbonyl (C=O) groups is 1. The van der Waals surface area contributed by atoms with Crippen LogP contribution < -0.4 is 10.5 Å². The van der Waals surface area contributed by atoms with E-state index < -0.39 is 26.5 Å². The number of anilines is 2. The molecule has 0 aliphatic heterocycles. The van der Waals surface area contributed by atoms with Crippen LogP contribution in [0.4, 0.5) is 11.4 Å². The number of nitrogens with one attached hydrogen (secondary N) is 1. The van der Waals surface area contributed by atoms with Gasteiger partial charge in [-0.25, -0.2) is 18.2 Å². The Labute approximate surface area is 125 Å². The van der Waals surface area contributed by atoms with E-state index in [1.54, 1.807) is 0 Å². The lowest BCUT2D eigenvalue weighted by Crippen LogP contribution is -2.17. The monoisotopic (exact) mass is 327 g/mol. The van der Waals surface area contributed by atoms with Gasteiger partial charge in [0.05, 0.1) is 11.3 Å². The van der Waals surface area contributed by atoms with Crippen LogP contribution in [0.25, 0.3) is 0 Å². The summed E-state index contributed by atoms with van der Waals surface area (Å²) >= 11 is 5.77. The number of aromatic nitrogens is 1. The van der Waals surface area contributed by atoms with Crippen LogP contribution in [0.2, 0.25) is 5.15 Å². The topological polar surface area (TPSA) is 122 Å². The molecule has 4 N–H and O–H groups in total. The Bertz CT molecular complexity index is 808. The minimum absolute atomic E-state index is 0.0397. The van der Waals surface area contributed by atoms with Crippen molar-refractivity contribution < 1.29 is 18.3 Å². The predicted molar refractivity (Wildman–Crippen MR) is 77.9 cm³/mol. The van der Waals surface area contributed by atoms with E-state index in [4.69, 9.17) is 22.4 Å². The molecule has 1 aromatic heterocycles. The maximum Gasteiger partial charge on any atom is 0.337 e. The fourth-order valence-corrected chi connectivity index (χ4v) is 3.12. The zero-order valence-electron chi connectivity index (χ0n) is 10.4. The minimum Gasteiger partial charge on any atom is -0.478 e. The maximum atomic E-state index is 12.3. The van der Waals surface area contributed by atoms with Crippen LogP contribution in [-0.2, 0) is 10.0 Å². The van der Waals surface area contributed by atoms with Crippen LogP contribution in [0.1, 0.15) is 10.4 Å². The molecule has 0 bridgehead atoms. The molecule has 2 rings (SSSR count). The quantitative estimate of drug-likeness (QED) is 0.581. The van der Waals surface area contributed by atoms with Gasteiger partial charge in [-0.2, -0.15) is 0 Å². The van der Waals surface area contributed by atoms with Gasteiger partial charge in [-0.1, -0.05) is 11.6 Å². The molecule has 2 aromatic rings. The number of nitrogens with zero attached hydrogens (tertiary/aromatic N) is 1. The van der Waals surface area contributed by atoms with Gasteiger partial charge in [-0.15, -0.1) is 0 Å². The average molecular weight is 328 g/mol. The van der Waals surface area contributed by atoms with E-state index in [1.807, 2.05) is 0 Å². The number of aromatic carboxylic acids is 1.